The molecule has 0 aliphatic heterocycles. The van der Waals surface area contributed by atoms with Gasteiger partial charge in [0.1, 0.15) is 0 Å². The fourth-order valence-electron chi connectivity index (χ4n) is 1.52. The number of halogens is 1. The van der Waals surface area contributed by atoms with Crippen LogP contribution in [0.3, 0.4) is 0 Å². The van der Waals surface area contributed by atoms with E-state index in [0.29, 0.717) is 18.0 Å². The molecule has 0 bridgehead atoms. The fraction of sp³-hybridized carbons (Fsp3) is 0.462. The first-order valence-corrected chi connectivity index (χ1v) is 6.53. The molecule has 0 aliphatic carbocycles. The van der Waals surface area contributed by atoms with E-state index in [1.165, 1.54) is 0 Å². The van der Waals surface area contributed by atoms with Crippen molar-refractivity contribution in [1.29, 1.82) is 0 Å². The van der Waals surface area contributed by atoms with E-state index >= 15 is 0 Å². The summed E-state index contributed by atoms with van der Waals surface area (Å²) in [5.74, 6) is 0.409. The number of hydrogen-bond acceptors (Lipinski definition) is 2. The predicted octanol–water partition coefficient (Wildman–Crippen LogP) is 2.34. The van der Waals surface area contributed by atoms with Gasteiger partial charge in [0.05, 0.1) is 0 Å². The second kappa shape index (κ2) is 6.77. The van der Waals surface area contributed by atoms with E-state index in [1.807, 2.05) is 32.2 Å². The van der Waals surface area contributed by atoms with Crippen LogP contribution in [0.25, 0.3) is 0 Å². The van der Waals surface area contributed by atoms with E-state index in [4.69, 9.17) is 0 Å². The summed E-state index contributed by atoms with van der Waals surface area (Å²) in [4.78, 5) is 11.9. The van der Waals surface area contributed by atoms with E-state index < -0.39 is 0 Å². The molecule has 0 radical (unpaired) electrons. The smallest absolute Gasteiger partial charge is 0.251 e. The Balaban J connectivity index is 2.55. The molecular formula is C13H19BrN2O. The first-order chi connectivity index (χ1) is 8.04. The van der Waals surface area contributed by atoms with Crippen LogP contribution in [0.5, 0.6) is 0 Å². The lowest BCUT2D eigenvalue weighted by atomic mass is 10.1. The summed E-state index contributed by atoms with van der Waals surface area (Å²) in [7, 11) is 1.91. The van der Waals surface area contributed by atoms with E-state index in [0.717, 1.165) is 16.6 Å². The molecule has 1 aromatic rings. The number of amides is 1. The van der Waals surface area contributed by atoms with Gasteiger partial charge in [-0.3, -0.25) is 4.79 Å². The maximum atomic E-state index is 11.9. The Kier molecular flexibility index (Phi) is 5.65. The van der Waals surface area contributed by atoms with Crippen molar-refractivity contribution < 1.29 is 4.79 Å². The molecule has 1 rings (SSSR count). The van der Waals surface area contributed by atoms with E-state index in [-0.39, 0.29) is 5.91 Å². The number of carbonyl (C=O) groups is 1. The van der Waals surface area contributed by atoms with Gasteiger partial charge >= 0.3 is 0 Å². The van der Waals surface area contributed by atoms with Gasteiger partial charge in [0.25, 0.3) is 5.91 Å². The van der Waals surface area contributed by atoms with Gasteiger partial charge in [-0.15, -0.1) is 0 Å². The van der Waals surface area contributed by atoms with E-state index in [9.17, 15) is 4.79 Å². The van der Waals surface area contributed by atoms with Crippen molar-refractivity contribution >= 4 is 21.8 Å². The number of hydrogen-bond donors (Lipinski definition) is 2. The van der Waals surface area contributed by atoms with Crippen LogP contribution >= 0.6 is 15.9 Å². The molecule has 2 N–H and O–H groups in total. The molecule has 0 aliphatic rings. The zero-order valence-electron chi connectivity index (χ0n) is 10.5. The lowest BCUT2D eigenvalue weighted by Gasteiger charge is -2.12. The van der Waals surface area contributed by atoms with E-state index in [1.54, 1.807) is 0 Å². The Morgan fingerprint density at radius 3 is 2.71 bits per heavy atom. The Morgan fingerprint density at radius 2 is 2.12 bits per heavy atom. The highest BCUT2D eigenvalue weighted by atomic mass is 79.9. The van der Waals surface area contributed by atoms with Gasteiger partial charge in [-0.25, -0.2) is 0 Å². The molecule has 1 unspecified atom stereocenters. The van der Waals surface area contributed by atoms with Crippen LogP contribution in [0.15, 0.2) is 22.7 Å². The van der Waals surface area contributed by atoms with Gasteiger partial charge in [-0.1, -0.05) is 28.9 Å². The average Bonchev–Trinajstić information content (AvgIpc) is 2.30. The van der Waals surface area contributed by atoms with Crippen molar-refractivity contribution in [2.45, 2.75) is 13.8 Å². The molecule has 94 valence electrons. The lowest BCUT2D eigenvalue weighted by Crippen LogP contribution is -2.32. The monoisotopic (exact) mass is 298 g/mol. The van der Waals surface area contributed by atoms with Gasteiger partial charge in [0.2, 0.25) is 0 Å². The third-order valence-electron chi connectivity index (χ3n) is 2.60. The average molecular weight is 299 g/mol. The Morgan fingerprint density at radius 1 is 1.41 bits per heavy atom. The maximum Gasteiger partial charge on any atom is 0.251 e. The molecule has 0 saturated carbocycles. The van der Waals surface area contributed by atoms with Gasteiger partial charge < -0.3 is 10.6 Å². The molecule has 0 heterocycles. The number of benzene rings is 1. The first kappa shape index (κ1) is 14.2. The van der Waals surface area contributed by atoms with E-state index in [2.05, 4.69) is 33.5 Å². The molecule has 3 nitrogen and oxygen atoms in total. The number of rotatable bonds is 5. The molecule has 0 aromatic heterocycles. The highest BCUT2D eigenvalue weighted by Crippen LogP contribution is 2.17. The summed E-state index contributed by atoms with van der Waals surface area (Å²) in [5.41, 5.74) is 1.82. The largest absolute Gasteiger partial charge is 0.352 e. The van der Waals surface area contributed by atoms with Crippen molar-refractivity contribution in [1.82, 2.24) is 10.6 Å². The van der Waals surface area contributed by atoms with Gasteiger partial charge in [-0.2, -0.15) is 0 Å². The van der Waals surface area contributed by atoms with Crippen LogP contribution < -0.4 is 10.6 Å². The second-order valence-electron chi connectivity index (χ2n) is 4.34. The minimum absolute atomic E-state index is 0.0198. The van der Waals surface area contributed by atoms with Gasteiger partial charge in [0, 0.05) is 16.6 Å². The predicted molar refractivity (Wildman–Crippen MR) is 74.3 cm³/mol. The van der Waals surface area contributed by atoms with Crippen LogP contribution in [0.1, 0.15) is 22.8 Å². The minimum atomic E-state index is -0.0198. The molecule has 1 atom stereocenters. The SMILES string of the molecule is CNCC(C)CNC(=O)c1ccc(C)c(Br)c1. The summed E-state index contributed by atoms with van der Waals surface area (Å²) in [5, 5.41) is 6.02. The number of carbonyl (C=O) groups excluding carboxylic acids is 1. The van der Waals surface area contributed by atoms with Crippen LogP contribution in [-0.2, 0) is 0 Å². The molecular weight excluding hydrogens is 280 g/mol. The molecule has 0 saturated heterocycles. The fourth-order valence-corrected chi connectivity index (χ4v) is 1.90. The lowest BCUT2D eigenvalue weighted by molar-refractivity contribution is 0.0948. The van der Waals surface area contributed by atoms with Crippen LogP contribution in [0.4, 0.5) is 0 Å². The van der Waals surface area contributed by atoms with Gasteiger partial charge in [0.15, 0.2) is 0 Å². The standard InChI is InChI=1S/C13H19BrN2O/c1-9(7-15-3)8-16-13(17)11-5-4-10(2)12(14)6-11/h4-6,9,15H,7-8H2,1-3H3,(H,16,17). The topological polar surface area (TPSA) is 41.1 Å². The summed E-state index contributed by atoms with van der Waals surface area (Å²) >= 11 is 3.43. The Hall–Kier alpha value is -0.870. The van der Waals surface area contributed by atoms with Gasteiger partial charge in [-0.05, 0) is 44.1 Å². The summed E-state index contributed by atoms with van der Waals surface area (Å²) in [6.07, 6.45) is 0. The van der Waals surface area contributed by atoms with Crippen molar-refractivity contribution in [3.63, 3.8) is 0 Å². The molecule has 4 heteroatoms. The summed E-state index contributed by atoms with van der Waals surface area (Å²) in [6, 6.07) is 5.64. The van der Waals surface area contributed by atoms with Crippen molar-refractivity contribution in [2.24, 2.45) is 5.92 Å². The first-order valence-electron chi connectivity index (χ1n) is 5.73. The molecule has 17 heavy (non-hydrogen) atoms. The van der Waals surface area contributed by atoms with Crippen molar-refractivity contribution in [2.75, 3.05) is 20.1 Å². The van der Waals surface area contributed by atoms with Crippen molar-refractivity contribution in [3.05, 3.63) is 33.8 Å². The Labute approximate surface area is 111 Å². The zero-order valence-corrected chi connectivity index (χ0v) is 12.1. The third-order valence-corrected chi connectivity index (χ3v) is 3.45. The quantitative estimate of drug-likeness (QED) is 0.876. The van der Waals surface area contributed by atoms with Crippen LogP contribution in [0.2, 0.25) is 0 Å². The molecule has 0 spiro atoms. The highest BCUT2D eigenvalue weighted by Gasteiger charge is 2.08. The minimum Gasteiger partial charge on any atom is -0.352 e. The molecule has 1 amide bonds. The molecule has 0 fully saturated rings. The third kappa shape index (κ3) is 4.48. The molecule has 1 aromatic carbocycles. The summed E-state index contributed by atoms with van der Waals surface area (Å²) < 4.78 is 0.966. The summed E-state index contributed by atoms with van der Waals surface area (Å²) in [6.45, 7) is 5.69. The van der Waals surface area contributed by atoms with Crippen molar-refractivity contribution in [3.8, 4) is 0 Å². The Bertz CT molecular complexity index is 393. The van der Waals surface area contributed by atoms with Crippen LogP contribution in [0, 0.1) is 12.8 Å². The maximum absolute atomic E-state index is 11.9. The second-order valence-corrected chi connectivity index (χ2v) is 5.19. The highest BCUT2D eigenvalue weighted by molar-refractivity contribution is 9.10. The van der Waals surface area contributed by atoms with Crippen LogP contribution in [-0.4, -0.2) is 26.0 Å². The number of aryl methyl sites for hydroxylation is 1. The number of nitrogens with one attached hydrogen (secondary N) is 2. The zero-order chi connectivity index (χ0) is 12.8. The normalized spacial score (nSPS) is 12.2.